The van der Waals surface area contributed by atoms with E-state index in [9.17, 15) is 8.78 Å². The number of hydrogen-bond donors (Lipinski definition) is 0. The number of halogens is 2. The first kappa shape index (κ1) is 14.9. The van der Waals surface area contributed by atoms with Gasteiger partial charge >= 0.3 is 0 Å². The highest BCUT2D eigenvalue weighted by Gasteiger charge is 2.37. The van der Waals surface area contributed by atoms with Crippen LogP contribution in [0.1, 0.15) is 37.8 Å². The fourth-order valence-corrected chi connectivity index (χ4v) is 2.82. The maximum Gasteiger partial charge on any atom is 0.143 e. The van der Waals surface area contributed by atoms with Gasteiger partial charge in [0, 0.05) is 6.42 Å². The van der Waals surface area contributed by atoms with Crippen LogP contribution in [0.3, 0.4) is 0 Å². The SMILES string of the molecule is C=C(/C(C)=N/N1C(=C)C(F)CC1c1ccc(F)cc1)C1CC1. The summed E-state index contributed by atoms with van der Waals surface area (Å²) in [5, 5.41) is 6.21. The van der Waals surface area contributed by atoms with Crippen molar-refractivity contribution in [2.45, 2.75) is 38.4 Å². The molecule has 22 heavy (non-hydrogen) atoms. The first-order valence-corrected chi connectivity index (χ1v) is 7.59. The Morgan fingerprint density at radius 1 is 1.27 bits per heavy atom. The lowest BCUT2D eigenvalue weighted by Crippen LogP contribution is -2.18. The van der Waals surface area contributed by atoms with E-state index in [-0.39, 0.29) is 18.3 Å². The largest absolute Gasteiger partial charge is 0.259 e. The molecule has 2 fully saturated rings. The fourth-order valence-electron chi connectivity index (χ4n) is 2.82. The highest BCUT2D eigenvalue weighted by molar-refractivity contribution is 5.98. The second kappa shape index (κ2) is 5.67. The number of hydrazone groups is 1. The molecule has 3 rings (SSSR count). The molecule has 116 valence electrons. The van der Waals surface area contributed by atoms with Crippen molar-refractivity contribution < 1.29 is 8.78 Å². The van der Waals surface area contributed by atoms with Crippen LogP contribution < -0.4 is 0 Å². The summed E-state index contributed by atoms with van der Waals surface area (Å²) in [7, 11) is 0. The van der Waals surface area contributed by atoms with Crippen LogP contribution in [-0.4, -0.2) is 16.9 Å². The molecule has 0 N–H and O–H groups in total. The zero-order chi connectivity index (χ0) is 15.9. The number of alkyl halides is 1. The summed E-state index contributed by atoms with van der Waals surface area (Å²) in [6.45, 7) is 9.81. The van der Waals surface area contributed by atoms with Crippen LogP contribution in [0.2, 0.25) is 0 Å². The van der Waals surface area contributed by atoms with Crippen molar-refractivity contribution in [1.82, 2.24) is 5.01 Å². The number of benzene rings is 1. The Balaban J connectivity index is 1.88. The molecule has 1 aromatic carbocycles. The quantitative estimate of drug-likeness (QED) is 0.732. The normalized spacial score (nSPS) is 25.7. The zero-order valence-electron chi connectivity index (χ0n) is 12.7. The highest BCUT2D eigenvalue weighted by atomic mass is 19.1. The third-order valence-electron chi connectivity index (χ3n) is 4.43. The second-order valence-electron chi connectivity index (χ2n) is 6.09. The van der Waals surface area contributed by atoms with Crippen LogP contribution in [0.15, 0.2) is 53.8 Å². The lowest BCUT2D eigenvalue weighted by atomic mass is 10.0. The molecule has 1 aliphatic heterocycles. The Labute approximate surface area is 129 Å². The van der Waals surface area contributed by atoms with Crippen molar-refractivity contribution in [2.75, 3.05) is 0 Å². The third-order valence-corrected chi connectivity index (χ3v) is 4.43. The van der Waals surface area contributed by atoms with Gasteiger partial charge in [0.1, 0.15) is 12.0 Å². The van der Waals surface area contributed by atoms with Crippen LogP contribution in [0, 0.1) is 11.7 Å². The summed E-state index contributed by atoms with van der Waals surface area (Å²) in [6.07, 6.45) is 1.47. The average Bonchev–Trinajstić information content (AvgIpc) is 3.30. The molecule has 1 saturated heterocycles. The highest BCUT2D eigenvalue weighted by Crippen LogP contribution is 2.41. The predicted molar refractivity (Wildman–Crippen MR) is 84.6 cm³/mol. The average molecular weight is 302 g/mol. The van der Waals surface area contributed by atoms with E-state index < -0.39 is 6.17 Å². The van der Waals surface area contributed by atoms with E-state index in [2.05, 4.69) is 18.3 Å². The molecule has 1 aliphatic carbocycles. The Morgan fingerprint density at radius 2 is 1.91 bits per heavy atom. The van der Waals surface area contributed by atoms with Gasteiger partial charge in [-0.15, -0.1) is 0 Å². The molecule has 2 nitrogen and oxygen atoms in total. The molecule has 0 bridgehead atoms. The minimum atomic E-state index is -1.12. The lowest BCUT2D eigenvalue weighted by molar-refractivity contribution is 0.314. The topological polar surface area (TPSA) is 15.6 Å². The molecule has 2 aliphatic rings. The minimum absolute atomic E-state index is 0.245. The smallest absolute Gasteiger partial charge is 0.143 e. The molecule has 1 aromatic rings. The van der Waals surface area contributed by atoms with Crippen molar-refractivity contribution in [3.05, 3.63) is 60.1 Å². The van der Waals surface area contributed by atoms with Gasteiger partial charge in [-0.2, -0.15) is 5.10 Å². The standard InChI is InChI=1S/C18H20F2N2/c1-11(14-4-5-14)12(2)21-22-13(3)17(20)10-18(22)15-6-8-16(19)9-7-15/h6-9,14,17-18H,1,3-5,10H2,2H3/b21-12+. The molecule has 4 heteroatoms. The van der Waals surface area contributed by atoms with E-state index in [4.69, 9.17) is 0 Å². The van der Waals surface area contributed by atoms with Gasteiger partial charge in [-0.3, -0.25) is 5.01 Å². The Morgan fingerprint density at radius 3 is 2.50 bits per heavy atom. The Bertz CT molecular complexity index is 629. The van der Waals surface area contributed by atoms with E-state index in [1.165, 1.54) is 12.1 Å². The van der Waals surface area contributed by atoms with Crippen LogP contribution >= 0.6 is 0 Å². The van der Waals surface area contributed by atoms with Crippen LogP contribution in [0.5, 0.6) is 0 Å². The number of rotatable bonds is 4. The van der Waals surface area contributed by atoms with E-state index in [0.29, 0.717) is 11.6 Å². The number of hydrogen-bond acceptors (Lipinski definition) is 2. The molecule has 0 radical (unpaired) electrons. The van der Waals surface area contributed by atoms with E-state index >= 15 is 0 Å². The van der Waals surface area contributed by atoms with Crippen molar-refractivity contribution in [3.8, 4) is 0 Å². The summed E-state index contributed by atoms with van der Waals surface area (Å²) in [5.74, 6) is 0.218. The first-order valence-electron chi connectivity index (χ1n) is 7.59. The Kier molecular flexibility index (Phi) is 3.85. The minimum Gasteiger partial charge on any atom is -0.259 e. The van der Waals surface area contributed by atoms with Gasteiger partial charge in [0.2, 0.25) is 0 Å². The van der Waals surface area contributed by atoms with Gasteiger partial charge in [0.15, 0.2) is 0 Å². The molecule has 2 atom stereocenters. The maximum absolute atomic E-state index is 14.1. The monoisotopic (exact) mass is 302 g/mol. The molecule has 0 amide bonds. The van der Waals surface area contributed by atoms with E-state index in [1.54, 1.807) is 17.1 Å². The number of nitrogens with zero attached hydrogens (tertiary/aromatic N) is 2. The molecule has 0 aromatic heterocycles. The van der Waals surface area contributed by atoms with Crippen molar-refractivity contribution >= 4 is 5.71 Å². The summed E-state index contributed by atoms with van der Waals surface area (Å²) in [4.78, 5) is 0. The van der Waals surface area contributed by atoms with Gasteiger partial charge in [-0.05, 0) is 49.0 Å². The van der Waals surface area contributed by atoms with Crippen LogP contribution in [0.25, 0.3) is 0 Å². The van der Waals surface area contributed by atoms with E-state index in [0.717, 1.165) is 29.7 Å². The molecular formula is C18H20F2N2. The molecule has 2 unspecified atom stereocenters. The maximum atomic E-state index is 14.1. The molecule has 1 heterocycles. The summed E-state index contributed by atoms with van der Waals surface area (Å²) in [6, 6.07) is 5.89. The van der Waals surface area contributed by atoms with Crippen molar-refractivity contribution in [1.29, 1.82) is 0 Å². The summed E-state index contributed by atoms with van der Waals surface area (Å²) in [5.41, 5.74) is 3.05. The molecule has 1 saturated carbocycles. The van der Waals surface area contributed by atoms with Crippen LogP contribution in [0.4, 0.5) is 8.78 Å². The fraction of sp³-hybridized carbons (Fsp3) is 0.389. The van der Waals surface area contributed by atoms with Crippen molar-refractivity contribution in [3.63, 3.8) is 0 Å². The predicted octanol–water partition coefficient (Wildman–Crippen LogP) is 4.77. The zero-order valence-corrected chi connectivity index (χ0v) is 12.7. The summed E-state index contributed by atoms with van der Waals surface area (Å²) < 4.78 is 27.2. The van der Waals surface area contributed by atoms with Gasteiger partial charge in [0.05, 0.1) is 17.5 Å². The first-order chi connectivity index (χ1) is 10.5. The van der Waals surface area contributed by atoms with Gasteiger partial charge in [0.25, 0.3) is 0 Å². The van der Waals surface area contributed by atoms with Crippen LogP contribution in [-0.2, 0) is 0 Å². The molecular weight excluding hydrogens is 282 g/mol. The third kappa shape index (κ3) is 2.82. The van der Waals surface area contributed by atoms with Crippen molar-refractivity contribution in [2.24, 2.45) is 11.0 Å². The number of allylic oxidation sites excluding steroid dienone is 2. The summed E-state index contributed by atoms with van der Waals surface area (Å²) >= 11 is 0. The van der Waals surface area contributed by atoms with Gasteiger partial charge in [-0.1, -0.05) is 25.3 Å². The second-order valence-corrected chi connectivity index (χ2v) is 6.09. The molecule has 0 spiro atoms. The van der Waals surface area contributed by atoms with Gasteiger partial charge < -0.3 is 0 Å². The van der Waals surface area contributed by atoms with Gasteiger partial charge in [-0.25, -0.2) is 8.78 Å². The Hall–Kier alpha value is -1.97. The van der Waals surface area contributed by atoms with E-state index in [1.807, 2.05) is 6.92 Å². The lowest BCUT2D eigenvalue weighted by Gasteiger charge is -2.23.